The zero-order valence-corrected chi connectivity index (χ0v) is 9.63. The summed E-state index contributed by atoms with van der Waals surface area (Å²) in [7, 11) is 0. The topological polar surface area (TPSA) is 20.2 Å². The van der Waals surface area contributed by atoms with Gasteiger partial charge in [0.05, 0.1) is 6.10 Å². The van der Waals surface area contributed by atoms with Gasteiger partial charge in [-0.25, -0.2) is 0 Å². The molecule has 0 saturated heterocycles. The highest BCUT2D eigenvalue weighted by Crippen LogP contribution is 2.37. The fourth-order valence-corrected chi connectivity index (χ4v) is 2.46. The second kappa shape index (κ2) is 4.97. The quantitative estimate of drug-likeness (QED) is 0.682. The summed E-state index contributed by atoms with van der Waals surface area (Å²) >= 11 is 0. The Morgan fingerprint density at radius 2 is 2.00 bits per heavy atom. The third-order valence-electron chi connectivity index (χ3n) is 4.00. The standard InChI is InChI=1S/C13H24O/c1-4-13(3,5-2)12(14)11-9-7-6-8-10-11/h4,11-12,14H,1,5-10H2,2-3H3/t12-,13+/m1/s1. The van der Waals surface area contributed by atoms with Crippen LogP contribution < -0.4 is 0 Å². The second-order valence-corrected chi connectivity index (χ2v) is 4.91. The van der Waals surface area contributed by atoms with Crippen molar-refractivity contribution in [2.24, 2.45) is 11.3 Å². The number of aliphatic hydroxyl groups is 1. The number of hydrogen-bond acceptors (Lipinski definition) is 1. The van der Waals surface area contributed by atoms with E-state index in [2.05, 4.69) is 20.4 Å². The van der Waals surface area contributed by atoms with Crippen LogP contribution in [0.1, 0.15) is 52.4 Å². The lowest BCUT2D eigenvalue weighted by atomic mass is 9.71. The van der Waals surface area contributed by atoms with Crippen LogP contribution in [-0.2, 0) is 0 Å². The van der Waals surface area contributed by atoms with Gasteiger partial charge < -0.3 is 5.11 Å². The minimum atomic E-state index is -0.190. The van der Waals surface area contributed by atoms with Crippen LogP contribution >= 0.6 is 0 Å². The highest BCUT2D eigenvalue weighted by atomic mass is 16.3. The van der Waals surface area contributed by atoms with Gasteiger partial charge in [0.2, 0.25) is 0 Å². The van der Waals surface area contributed by atoms with E-state index in [1.54, 1.807) is 0 Å². The monoisotopic (exact) mass is 196 g/mol. The molecule has 1 aliphatic carbocycles. The molecule has 1 fully saturated rings. The van der Waals surface area contributed by atoms with Crippen LogP contribution in [0, 0.1) is 11.3 Å². The number of rotatable bonds is 4. The summed E-state index contributed by atoms with van der Waals surface area (Å²) in [6.07, 6.45) is 9.05. The zero-order chi connectivity index (χ0) is 10.6. The van der Waals surface area contributed by atoms with Crippen molar-refractivity contribution in [2.45, 2.75) is 58.5 Å². The molecule has 0 bridgehead atoms. The SMILES string of the molecule is C=C[C@@](C)(CC)[C@H](O)C1CCCCC1. The Labute approximate surface area is 88.2 Å². The molecule has 0 aromatic carbocycles. The van der Waals surface area contributed by atoms with E-state index in [-0.39, 0.29) is 11.5 Å². The van der Waals surface area contributed by atoms with E-state index in [1.165, 1.54) is 32.1 Å². The predicted molar refractivity (Wildman–Crippen MR) is 61.2 cm³/mol. The molecule has 1 saturated carbocycles. The van der Waals surface area contributed by atoms with Crippen LogP contribution in [0.2, 0.25) is 0 Å². The summed E-state index contributed by atoms with van der Waals surface area (Å²) in [5.74, 6) is 0.506. The highest BCUT2D eigenvalue weighted by Gasteiger charge is 2.34. The van der Waals surface area contributed by atoms with E-state index in [4.69, 9.17) is 0 Å². The molecular weight excluding hydrogens is 172 g/mol. The summed E-state index contributed by atoms with van der Waals surface area (Å²) < 4.78 is 0. The first-order chi connectivity index (χ1) is 6.64. The largest absolute Gasteiger partial charge is 0.392 e. The zero-order valence-electron chi connectivity index (χ0n) is 9.63. The first-order valence-electron chi connectivity index (χ1n) is 5.95. The first kappa shape index (κ1) is 11.8. The number of aliphatic hydroxyl groups excluding tert-OH is 1. The molecule has 1 heteroatoms. The van der Waals surface area contributed by atoms with Crippen LogP contribution in [-0.4, -0.2) is 11.2 Å². The van der Waals surface area contributed by atoms with Gasteiger partial charge in [-0.2, -0.15) is 0 Å². The van der Waals surface area contributed by atoms with Crippen molar-refractivity contribution in [1.82, 2.24) is 0 Å². The van der Waals surface area contributed by atoms with E-state index >= 15 is 0 Å². The van der Waals surface area contributed by atoms with Crippen molar-refractivity contribution in [1.29, 1.82) is 0 Å². The van der Waals surface area contributed by atoms with Crippen LogP contribution in [0.5, 0.6) is 0 Å². The van der Waals surface area contributed by atoms with E-state index in [0.29, 0.717) is 5.92 Å². The molecular formula is C13H24O. The minimum Gasteiger partial charge on any atom is -0.392 e. The Bertz CT molecular complexity index is 182. The van der Waals surface area contributed by atoms with Crippen molar-refractivity contribution in [3.05, 3.63) is 12.7 Å². The van der Waals surface area contributed by atoms with Crippen molar-refractivity contribution < 1.29 is 5.11 Å². The molecule has 0 unspecified atom stereocenters. The Balaban J connectivity index is 2.60. The minimum absolute atomic E-state index is 0.0813. The lowest BCUT2D eigenvalue weighted by Gasteiger charge is -2.37. The van der Waals surface area contributed by atoms with Crippen LogP contribution in [0.4, 0.5) is 0 Å². The lowest BCUT2D eigenvalue weighted by molar-refractivity contribution is 0.00208. The molecule has 0 aliphatic heterocycles. The molecule has 0 radical (unpaired) electrons. The van der Waals surface area contributed by atoms with Gasteiger partial charge in [0.15, 0.2) is 0 Å². The van der Waals surface area contributed by atoms with Crippen LogP contribution in [0.3, 0.4) is 0 Å². The molecule has 1 N–H and O–H groups in total. The maximum Gasteiger partial charge on any atom is 0.0656 e. The molecule has 14 heavy (non-hydrogen) atoms. The molecule has 0 heterocycles. The average Bonchev–Trinajstić information content (AvgIpc) is 2.28. The Morgan fingerprint density at radius 3 is 2.43 bits per heavy atom. The van der Waals surface area contributed by atoms with Crippen LogP contribution in [0.15, 0.2) is 12.7 Å². The summed E-state index contributed by atoms with van der Waals surface area (Å²) in [6.45, 7) is 8.12. The second-order valence-electron chi connectivity index (χ2n) is 4.91. The molecule has 0 aromatic heterocycles. The molecule has 1 rings (SSSR count). The van der Waals surface area contributed by atoms with Crippen LogP contribution in [0.25, 0.3) is 0 Å². The van der Waals surface area contributed by atoms with Crippen molar-refractivity contribution >= 4 is 0 Å². The molecule has 0 aromatic rings. The van der Waals surface area contributed by atoms with Gasteiger partial charge in [0.25, 0.3) is 0 Å². The maximum atomic E-state index is 10.3. The van der Waals surface area contributed by atoms with Gasteiger partial charge in [-0.15, -0.1) is 6.58 Å². The van der Waals surface area contributed by atoms with E-state index in [9.17, 15) is 5.11 Å². The maximum absolute atomic E-state index is 10.3. The van der Waals surface area contributed by atoms with Gasteiger partial charge in [-0.1, -0.05) is 39.2 Å². The Morgan fingerprint density at radius 1 is 1.43 bits per heavy atom. The lowest BCUT2D eigenvalue weighted by Crippen LogP contribution is -2.37. The normalized spacial score (nSPS) is 25.4. The Kier molecular flexibility index (Phi) is 4.18. The molecule has 0 amide bonds. The molecule has 1 aliphatic rings. The molecule has 2 atom stereocenters. The summed E-state index contributed by atoms with van der Waals surface area (Å²) in [4.78, 5) is 0. The van der Waals surface area contributed by atoms with Crippen molar-refractivity contribution in [3.63, 3.8) is 0 Å². The van der Waals surface area contributed by atoms with Gasteiger partial charge in [-0.3, -0.25) is 0 Å². The smallest absolute Gasteiger partial charge is 0.0656 e. The highest BCUT2D eigenvalue weighted by molar-refractivity contribution is 4.98. The fourth-order valence-electron chi connectivity index (χ4n) is 2.46. The number of hydrogen-bond donors (Lipinski definition) is 1. The summed E-state index contributed by atoms with van der Waals surface area (Å²) in [5.41, 5.74) is -0.0813. The van der Waals surface area contributed by atoms with Gasteiger partial charge in [0, 0.05) is 5.41 Å². The molecule has 0 spiro atoms. The van der Waals surface area contributed by atoms with Crippen molar-refractivity contribution in [2.75, 3.05) is 0 Å². The fraction of sp³-hybridized carbons (Fsp3) is 0.846. The average molecular weight is 196 g/mol. The first-order valence-corrected chi connectivity index (χ1v) is 5.95. The summed E-state index contributed by atoms with van der Waals surface area (Å²) in [5, 5.41) is 10.3. The van der Waals surface area contributed by atoms with E-state index < -0.39 is 0 Å². The van der Waals surface area contributed by atoms with Gasteiger partial charge in [0.1, 0.15) is 0 Å². The van der Waals surface area contributed by atoms with Gasteiger partial charge in [-0.05, 0) is 25.2 Å². The molecule has 82 valence electrons. The van der Waals surface area contributed by atoms with E-state index in [1.807, 2.05) is 6.08 Å². The summed E-state index contributed by atoms with van der Waals surface area (Å²) in [6, 6.07) is 0. The molecule has 1 nitrogen and oxygen atoms in total. The van der Waals surface area contributed by atoms with Crippen molar-refractivity contribution in [3.8, 4) is 0 Å². The third-order valence-corrected chi connectivity index (χ3v) is 4.00. The Hall–Kier alpha value is -0.300. The third kappa shape index (κ3) is 2.38. The van der Waals surface area contributed by atoms with Gasteiger partial charge >= 0.3 is 0 Å². The van der Waals surface area contributed by atoms with E-state index in [0.717, 1.165) is 6.42 Å². The predicted octanol–water partition coefficient (Wildman–Crippen LogP) is 3.53.